The molecule has 0 aliphatic heterocycles. The van der Waals surface area contributed by atoms with Crippen molar-refractivity contribution in [2.24, 2.45) is 0 Å². The zero-order chi connectivity index (χ0) is 10.1. The number of rotatable bonds is 2. The van der Waals surface area contributed by atoms with E-state index in [2.05, 4.69) is 23.9 Å². The monoisotopic (exact) mass is 194 g/mol. The van der Waals surface area contributed by atoms with Gasteiger partial charge in [-0.05, 0) is 26.7 Å². The summed E-state index contributed by atoms with van der Waals surface area (Å²) in [5.74, 6) is 2.06. The first-order valence-electron chi connectivity index (χ1n) is 5.40. The Bertz CT molecular complexity index is 310. The molecule has 0 unspecified atom stereocenters. The molecule has 14 heavy (non-hydrogen) atoms. The Labute approximate surface area is 84.5 Å². The van der Waals surface area contributed by atoms with E-state index in [9.17, 15) is 0 Å². The summed E-state index contributed by atoms with van der Waals surface area (Å²) in [6, 6.07) is 0.303. The van der Waals surface area contributed by atoms with Gasteiger partial charge in [-0.25, -0.2) is 4.68 Å². The van der Waals surface area contributed by atoms with Crippen molar-refractivity contribution in [3.63, 3.8) is 0 Å². The van der Waals surface area contributed by atoms with Crippen LogP contribution < -0.4 is 5.73 Å². The fourth-order valence-corrected chi connectivity index (χ4v) is 2.09. The summed E-state index contributed by atoms with van der Waals surface area (Å²) in [5, 5.41) is 4.47. The molecule has 2 rings (SSSR count). The lowest BCUT2D eigenvalue weighted by Crippen LogP contribution is -2.07. The number of hydrogen-bond donors (Lipinski definition) is 1. The first kappa shape index (κ1) is 9.49. The summed E-state index contributed by atoms with van der Waals surface area (Å²) >= 11 is 0. The van der Waals surface area contributed by atoms with E-state index in [4.69, 9.17) is 5.73 Å². The number of aromatic nitrogens is 3. The van der Waals surface area contributed by atoms with Gasteiger partial charge >= 0.3 is 0 Å². The Morgan fingerprint density at radius 2 is 2.00 bits per heavy atom. The van der Waals surface area contributed by atoms with Crippen LogP contribution in [0.2, 0.25) is 0 Å². The number of anilines is 1. The van der Waals surface area contributed by atoms with Gasteiger partial charge in [0.1, 0.15) is 0 Å². The molecule has 0 aromatic carbocycles. The van der Waals surface area contributed by atoms with Gasteiger partial charge in [0, 0.05) is 5.92 Å². The largest absolute Gasteiger partial charge is 0.368 e. The van der Waals surface area contributed by atoms with Gasteiger partial charge in [0.2, 0.25) is 5.95 Å². The number of nitrogens with two attached hydrogens (primary N) is 1. The van der Waals surface area contributed by atoms with E-state index >= 15 is 0 Å². The average Bonchev–Trinajstić information content (AvgIpc) is 2.70. The molecule has 4 nitrogen and oxygen atoms in total. The molecule has 1 aliphatic rings. The smallest absolute Gasteiger partial charge is 0.218 e. The average molecular weight is 194 g/mol. The van der Waals surface area contributed by atoms with E-state index in [0.29, 0.717) is 17.9 Å². The molecule has 2 N–H and O–H groups in total. The van der Waals surface area contributed by atoms with Crippen molar-refractivity contribution in [1.82, 2.24) is 14.8 Å². The van der Waals surface area contributed by atoms with Gasteiger partial charge in [0.05, 0.1) is 6.04 Å². The van der Waals surface area contributed by atoms with Crippen LogP contribution in [0.15, 0.2) is 0 Å². The van der Waals surface area contributed by atoms with Crippen LogP contribution in [0.5, 0.6) is 0 Å². The van der Waals surface area contributed by atoms with Crippen LogP contribution in [-0.4, -0.2) is 14.8 Å². The Balaban J connectivity index is 2.22. The normalized spacial score (nSPS) is 18.2. The topological polar surface area (TPSA) is 56.7 Å². The molecule has 1 fully saturated rings. The van der Waals surface area contributed by atoms with Gasteiger partial charge in [-0.15, -0.1) is 0 Å². The van der Waals surface area contributed by atoms with Gasteiger partial charge in [0.15, 0.2) is 5.82 Å². The molecule has 0 saturated heterocycles. The van der Waals surface area contributed by atoms with Crippen LogP contribution in [0, 0.1) is 0 Å². The molecule has 1 aromatic heterocycles. The minimum Gasteiger partial charge on any atom is -0.368 e. The van der Waals surface area contributed by atoms with Crippen LogP contribution in [0.4, 0.5) is 5.95 Å². The van der Waals surface area contributed by atoms with Crippen molar-refractivity contribution in [1.29, 1.82) is 0 Å². The second-order valence-corrected chi connectivity index (χ2v) is 4.35. The highest BCUT2D eigenvalue weighted by Gasteiger charge is 2.22. The third-order valence-electron chi connectivity index (χ3n) is 2.88. The lowest BCUT2D eigenvalue weighted by atomic mass is 10.1. The molecule has 1 saturated carbocycles. The maximum absolute atomic E-state index is 5.80. The summed E-state index contributed by atoms with van der Waals surface area (Å²) in [6.45, 7) is 4.15. The quantitative estimate of drug-likeness (QED) is 0.784. The summed E-state index contributed by atoms with van der Waals surface area (Å²) in [4.78, 5) is 4.34. The third kappa shape index (κ3) is 1.61. The Kier molecular flexibility index (Phi) is 2.44. The zero-order valence-corrected chi connectivity index (χ0v) is 8.90. The van der Waals surface area contributed by atoms with Crippen molar-refractivity contribution in [2.75, 3.05) is 5.73 Å². The molecule has 78 valence electrons. The van der Waals surface area contributed by atoms with Crippen LogP contribution in [0.25, 0.3) is 0 Å². The summed E-state index contributed by atoms with van der Waals surface area (Å²) in [5.41, 5.74) is 5.80. The highest BCUT2D eigenvalue weighted by atomic mass is 15.4. The van der Waals surface area contributed by atoms with Crippen molar-refractivity contribution in [3.8, 4) is 0 Å². The van der Waals surface area contributed by atoms with Gasteiger partial charge < -0.3 is 5.73 Å². The first-order valence-corrected chi connectivity index (χ1v) is 5.40. The minimum absolute atomic E-state index is 0.303. The molecular formula is C10H18N4. The van der Waals surface area contributed by atoms with Gasteiger partial charge in [0.25, 0.3) is 0 Å². The van der Waals surface area contributed by atoms with Gasteiger partial charge in [-0.2, -0.15) is 10.1 Å². The third-order valence-corrected chi connectivity index (χ3v) is 2.88. The first-order chi connectivity index (χ1) is 6.68. The van der Waals surface area contributed by atoms with E-state index < -0.39 is 0 Å². The Hall–Kier alpha value is -1.06. The summed E-state index contributed by atoms with van der Waals surface area (Å²) in [6.07, 6.45) is 5.06. The molecule has 1 aromatic rings. The second kappa shape index (κ2) is 3.59. The molecule has 1 aliphatic carbocycles. The fraction of sp³-hybridized carbons (Fsp3) is 0.800. The molecule has 0 bridgehead atoms. The molecule has 0 radical (unpaired) electrons. The van der Waals surface area contributed by atoms with Crippen molar-refractivity contribution in [3.05, 3.63) is 5.82 Å². The van der Waals surface area contributed by atoms with Crippen molar-refractivity contribution in [2.45, 2.75) is 51.5 Å². The molecule has 1 heterocycles. The lowest BCUT2D eigenvalue weighted by Gasteiger charge is -2.05. The van der Waals surface area contributed by atoms with E-state index in [-0.39, 0.29) is 0 Å². The highest BCUT2D eigenvalue weighted by Crippen LogP contribution is 2.32. The van der Waals surface area contributed by atoms with Gasteiger partial charge in [-0.1, -0.05) is 12.8 Å². The van der Waals surface area contributed by atoms with Crippen LogP contribution in [0.3, 0.4) is 0 Å². The maximum atomic E-state index is 5.80. The number of nitrogen functional groups attached to an aromatic ring is 1. The minimum atomic E-state index is 0.303. The maximum Gasteiger partial charge on any atom is 0.218 e. The molecule has 0 atom stereocenters. The Morgan fingerprint density at radius 3 is 2.50 bits per heavy atom. The van der Waals surface area contributed by atoms with E-state index in [1.54, 1.807) is 0 Å². The molecule has 0 spiro atoms. The number of nitrogens with zero attached hydrogens (tertiary/aromatic N) is 3. The van der Waals surface area contributed by atoms with Crippen LogP contribution in [-0.2, 0) is 0 Å². The summed E-state index contributed by atoms with van der Waals surface area (Å²) < 4.78 is 1.81. The predicted octanol–water partition coefficient (Wildman–Crippen LogP) is 2.10. The fourth-order valence-electron chi connectivity index (χ4n) is 2.09. The van der Waals surface area contributed by atoms with E-state index in [1.165, 1.54) is 25.7 Å². The predicted molar refractivity (Wildman–Crippen MR) is 56.0 cm³/mol. The van der Waals surface area contributed by atoms with Gasteiger partial charge in [-0.3, -0.25) is 0 Å². The van der Waals surface area contributed by atoms with Crippen LogP contribution >= 0.6 is 0 Å². The Morgan fingerprint density at radius 1 is 1.36 bits per heavy atom. The molecule has 4 heteroatoms. The highest BCUT2D eigenvalue weighted by molar-refractivity contribution is 5.18. The summed E-state index contributed by atoms with van der Waals surface area (Å²) in [7, 11) is 0. The molecule has 0 amide bonds. The van der Waals surface area contributed by atoms with Crippen molar-refractivity contribution >= 4 is 5.95 Å². The standard InChI is InChI=1S/C10H18N4/c1-7(2)14-10(11)12-9(13-14)8-5-3-4-6-8/h7-8H,3-6H2,1-2H3,(H2,11,12,13). The van der Waals surface area contributed by atoms with Crippen LogP contribution in [0.1, 0.15) is 57.3 Å². The zero-order valence-electron chi connectivity index (χ0n) is 8.90. The molecular weight excluding hydrogens is 176 g/mol. The number of hydrogen-bond acceptors (Lipinski definition) is 3. The lowest BCUT2D eigenvalue weighted by molar-refractivity contribution is 0.525. The van der Waals surface area contributed by atoms with E-state index in [1.807, 2.05) is 4.68 Å². The SMILES string of the molecule is CC(C)n1nc(C2CCCC2)nc1N. The van der Waals surface area contributed by atoms with E-state index in [0.717, 1.165) is 5.82 Å². The van der Waals surface area contributed by atoms with Crippen molar-refractivity contribution < 1.29 is 0 Å². The second-order valence-electron chi connectivity index (χ2n) is 4.35.